The standard InChI is InChI=1S/C14H20N4S/c1-10-5-3-4-6-12(10)9-13-17-14(19-18-13)16-8-7-11(2)15/h3-6,11H,7-9,15H2,1-2H3,(H,16,17,18). The fourth-order valence-corrected chi connectivity index (χ4v) is 2.39. The average Bonchev–Trinajstić information content (AvgIpc) is 2.79. The van der Waals surface area contributed by atoms with Gasteiger partial charge in [-0.3, -0.25) is 0 Å². The van der Waals surface area contributed by atoms with Gasteiger partial charge in [-0.05, 0) is 31.4 Å². The number of hydrogen-bond donors (Lipinski definition) is 2. The van der Waals surface area contributed by atoms with Crippen LogP contribution >= 0.6 is 11.5 Å². The molecule has 5 heteroatoms. The highest BCUT2D eigenvalue weighted by Crippen LogP contribution is 2.16. The van der Waals surface area contributed by atoms with Crippen molar-refractivity contribution in [3.63, 3.8) is 0 Å². The number of hydrogen-bond acceptors (Lipinski definition) is 5. The van der Waals surface area contributed by atoms with Gasteiger partial charge in [0.05, 0.1) is 0 Å². The molecule has 0 spiro atoms. The van der Waals surface area contributed by atoms with Crippen LogP contribution < -0.4 is 11.1 Å². The van der Waals surface area contributed by atoms with Crippen LogP contribution in [-0.4, -0.2) is 21.9 Å². The van der Waals surface area contributed by atoms with Crippen LogP contribution in [0.15, 0.2) is 24.3 Å². The first kappa shape index (κ1) is 14.0. The van der Waals surface area contributed by atoms with Crippen molar-refractivity contribution in [2.75, 3.05) is 11.9 Å². The van der Waals surface area contributed by atoms with E-state index in [-0.39, 0.29) is 6.04 Å². The Morgan fingerprint density at radius 3 is 2.89 bits per heavy atom. The van der Waals surface area contributed by atoms with Crippen molar-refractivity contribution in [3.8, 4) is 0 Å². The summed E-state index contributed by atoms with van der Waals surface area (Å²) in [5, 5.41) is 4.14. The quantitative estimate of drug-likeness (QED) is 0.851. The van der Waals surface area contributed by atoms with Crippen LogP contribution in [0.3, 0.4) is 0 Å². The van der Waals surface area contributed by atoms with Crippen molar-refractivity contribution >= 4 is 16.7 Å². The fourth-order valence-electron chi connectivity index (χ4n) is 1.78. The second kappa shape index (κ2) is 6.63. The molecule has 4 nitrogen and oxygen atoms in total. The molecular formula is C14H20N4S. The molecule has 19 heavy (non-hydrogen) atoms. The topological polar surface area (TPSA) is 63.8 Å². The van der Waals surface area contributed by atoms with Gasteiger partial charge in [0.1, 0.15) is 5.82 Å². The highest BCUT2D eigenvalue weighted by molar-refractivity contribution is 7.09. The number of benzene rings is 1. The maximum atomic E-state index is 5.71. The molecule has 1 unspecified atom stereocenters. The van der Waals surface area contributed by atoms with E-state index in [0.29, 0.717) is 0 Å². The Kier molecular flexibility index (Phi) is 4.87. The number of nitrogens with zero attached hydrogens (tertiary/aromatic N) is 2. The highest BCUT2D eigenvalue weighted by atomic mass is 32.1. The monoisotopic (exact) mass is 276 g/mol. The van der Waals surface area contributed by atoms with E-state index in [1.807, 2.05) is 13.0 Å². The van der Waals surface area contributed by atoms with Gasteiger partial charge in [-0.25, -0.2) is 4.98 Å². The summed E-state index contributed by atoms with van der Waals surface area (Å²) in [6.45, 7) is 4.96. The lowest BCUT2D eigenvalue weighted by atomic mass is 10.1. The van der Waals surface area contributed by atoms with Crippen LogP contribution in [0.4, 0.5) is 5.13 Å². The van der Waals surface area contributed by atoms with Gasteiger partial charge < -0.3 is 11.1 Å². The Morgan fingerprint density at radius 2 is 2.16 bits per heavy atom. The second-order valence-electron chi connectivity index (χ2n) is 4.81. The number of rotatable bonds is 6. The van der Waals surface area contributed by atoms with Crippen LogP contribution in [0.2, 0.25) is 0 Å². The number of nitrogens with two attached hydrogens (primary N) is 1. The lowest BCUT2D eigenvalue weighted by Gasteiger charge is -2.04. The van der Waals surface area contributed by atoms with E-state index in [9.17, 15) is 0 Å². The summed E-state index contributed by atoms with van der Waals surface area (Å²) >= 11 is 1.41. The van der Waals surface area contributed by atoms with Gasteiger partial charge in [0, 0.05) is 30.5 Å². The van der Waals surface area contributed by atoms with Crippen LogP contribution in [0.5, 0.6) is 0 Å². The minimum Gasteiger partial charge on any atom is -0.360 e. The predicted octanol–water partition coefficient (Wildman–Crippen LogP) is 2.59. The predicted molar refractivity (Wildman–Crippen MR) is 80.7 cm³/mol. The van der Waals surface area contributed by atoms with Gasteiger partial charge in [-0.2, -0.15) is 4.37 Å². The molecule has 1 atom stereocenters. The average molecular weight is 276 g/mol. The Hall–Kier alpha value is -1.46. The Morgan fingerprint density at radius 1 is 1.37 bits per heavy atom. The van der Waals surface area contributed by atoms with E-state index in [1.165, 1.54) is 22.7 Å². The Bertz CT molecular complexity index is 522. The zero-order chi connectivity index (χ0) is 13.7. The molecule has 0 aliphatic rings. The van der Waals surface area contributed by atoms with E-state index in [1.54, 1.807) is 0 Å². The third-order valence-corrected chi connectivity index (χ3v) is 3.66. The van der Waals surface area contributed by atoms with Gasteiger partial charge in [-0.15, -0.1) is 0 Å². The molecule has 1 heterocycles. The normalized spacial score (nSPS) is 12.4. The molecule has 0 saturated heterocycles. The van der Waals surface area contributed by atoms with Crippen LogP contribution in [0, 0.1) is 6.92 Å². The first-order chi connectivity index (χ1) is 9.15. The molecule has 0 fully saturated rings. The molecule has 0 amide bonds. The SMILES string of the molecule is Cc1ccccc1Cc1nsc(NCCC(C)N)n1. The summed E-state index contributed by atoms with van der Waals surface area (Å²) in [7, 11) is 0. The molecule has 0 saturated carbocycles. The zero-order valence-corrected chi connectivity index (χ0v) is 12.2. The molecule has 2 aromatic rings. The number of aryl methyl sites for hydroxylation is 1. The van der Waals surface area contributed by atoms with Crippen LogP contribution in [-0.2, 0) is 6.42 Å². The maximum absolute atomic E-state index is 5.71. The summed E-state index contributed by atoms with van der Waals surface area (Å²) in [5.74, 6) is 0.877. The molecule has 3 N–H and O–H groups in total. The van der Waals surface area contributed by atoms with E-state index in [2.05, 4.69) is 39.8 Å². The minimum absolute atomic E-state index is 0.215. The first-order valence-corrected chi connectivity index (χ1v) is 7.29. The van der Waals surface area contributed by atoms with Crippen molar-refractivity contribution in [3.05, 3.63) is 41.2 Å². The zero-order valence-electron chi connectivity index (χ0n) is 11.4. The van der Waals surface area contributed by atoms with E-state index in [4.69, 9.17) is 5.73 Å². The van der Waals surface area contributed by atoms with Crippen molar-refractivity contribution in [1.29, 1.82) is 0 Å². The third-order valence-electron chi connectivity index (χ3n) is 2.95. The van der Waals surface area contributed by atoms with Crippen LogP contribution in [0.25, 0.3) is 0 Å². The molecule has 102 valence electrons. The van der Waals surface area contributed by atoms with E-state index >= 15 is 0 Å². The van der Waals surface area contributed by atoms with Crippen molar-refractivity contribution < 1.29 is 0 Å². The highest BCUT2D eigenvalue weighted by Gasteiger charge is 2.06. The number of aromatic nitrogens is 2. The number of nitrogens with one attached hydrogen (secondary N) is 1. The second-order valence-corrected chi connectivity index (χ2v) is 5.56. The lowest BCUT2D eigenvalue weighted by Crippen LogP contribution is -2.19. The summed E-state index contributed by atoms with van der Waals surface area (Å²) in [4.78, 5) is 4.50. The van der Waals surface area contributed by atoms with E-state index in [0.717, 1.165) is 30.3 Å². The summed E-state index contributed by atoms with van der Waals surface area (Å²) < 4.78 is 4.39. The molecular weight excluding hydrogens is 256 g/mol. The van der Waals surface area contributed by atoms with Crippen molar-refractivity contribution in [1.82, 2.24) is 9.36 Å². The summed E-state index contributed by atoms with van der Waals surface area (Å²) in [5.41, 5.74) is 8.27. The molecule has 2 rings (SSSR count). The number of anilines is 1. The van der Waals surface area contributed by atoms with Gasteiger partial charge >= 0.3 is 0 Å². The summed E-state index contributed by atoms with van der Waals surface area (Å²) in [6.07, 6.45) is 1.73. The molecule has 0 aliphatic heterocycles. The Balaban J connectivity index is 1.92. The van der Waals surface area contributed by atoms with Crippen molar-refractivity contribution in [2.45, 2.75) is 32.7 Å². The molecule has 0 bridgehead atoms. The smallest absolute Gasteiger partial charge is 0.202 e. The van der Waals surface area contributed by atoms with Gasteiger partial charge in [0.15, 0.2) is 0 Å². The minimum atomic E-state index is 0.215. The fraction of sp³-hybridized carbons (Fsp3) is 0.429. The van der Waals surface area contributed by atoms with Crippen molar-refractivity contribution in [2.24, 2.45) is 5.73 Å². The first-order valence-electron chi connectivity index (χ1n) is 6.51. The van der Waals surface area contributed by atoms with Gasteiger partial charge in [-0.1, -0.05) is 24.3 Å². The largest absolute Gasteiger partial charge is 0.360 e. The Labute approximate surface area is 118 Å². The molecule has 0 radical (unpaired) electrons. The van der Waals surface area contributed by atoms with Gasteiger partial charge in [0.2, 0.25) is 5.13 Å². The summed E-state index contributed by atoms with van der Waals surface area (Å²) in [6, 6.07) is 8.56. The third kappa shape index (κ3) is 4.29. The molecule has 0 aliphatic carbocycles. The maximum Gasteiger partial charge on any atom is 0.202 e. The van der Waals surface area contributed by atoms with Crippen LogP contribution in [0.1, 0.15) is 30.3 Å². The lowest BCUT2D eigenvalue weighted by molar-refractivity contribution is 0.690. The van der Waals surface area contributed by atoms with E-state index < -0.39 is 0 Å². The molecule has 1 aromatic heterocycles. The van der Waals surface area contributed by atoms with Gasteiger partial charge in [0.25, 0.3) is 0 Å². The molecule has 1 aromatic carbocycles.